The fourth-order valence-corrected chi connectivity index (χ4v) is 4.54. The van der Waals surface area contributed by atoms with Gasteiger partial charge in [-0.2, -0.15) is 0 Å². The fraction of sp³-hybridized carbons (Fsp3) is 0.421. The molecule has 1 aliphatic rings. The van der Waals surface area contributed by atoms with Crippen molar-refractivity contribution in [1.82, 2.24) is 4.57 Å². The molecule has 0 aliphatic carbocycles. The molecule has 0 spiro atoms. The highest BCUT2D eigenvalue weighted by molar-refractivity contribution is 7.73. The van der Waals surface area contributed by atoms with Gasteiger partial charge in [-0.3, -0.25) is 9.36 Å². The molecule has 1 N–H and O–H groups in total. The monoisotopic (exact) mass is 374 g/mol. The third kappa shape index (κ3) is 3.46. The van der Waals surface area contributed by atoms with Crippen LogP contribution in [0.4, 0.5) is 0 Å². The van der Waals surface area contributed by atoms with Crippen molar-refractivity contribution in [3.8, 4) is 5.88 Å². The zero-order chi connectivity index (χ0) is 18.0. The molecule has 2 aromatic rings. The third-order valence-corrected chi connectivity index (χ3v) is 6.15. The number of unbranched alkanes of at least 4 members (excludes halogenated alkanes) is 1. The van der Waals surface area contributed by atoms with Gasteiger partial charge in [-0.1, -0.05) is 51.3 Å². The van der Waals surface area contributed by atoms with E-state index in [2.05, 4.69) is 18.8 Å². The Morgan fingerprint density at radius 1 is 1.32 bits per heavy atom. The molecule has 1 aromatic carbocycles. The molecule has 1 aromatic heterocycles. The summed E-state index contributed by atoms with van der Waals surface area (Å²) in [6.45, 7) is 5.04. The van der Waals surface area contributed by atoms with Crippen molar-refractivity contribution in [2.75, 3.05) is 0 Å². The number of benzene rings is 1. The largest absolute Gasteiger partial charge is 0.493 e. The van der Waals surface area contributed by atoms with Crippen LogP contribution in [0.25, 0.3) is 5.57 Å². The summed E-state index contributed by atoms with van der Waals surface area (Å²) in [7, 11) is 0. The van der Waals surface area contributed by atoms with Crippen molar-refractivity contribution in [2.24, 2.45) is 10.9 Å². The van der Waals surface area contributed by atoms with Gasteiger partial charge in [0, 0.05) is 11.8 Å². The lowest BCUT2D eigenvalue weighted by Gasteiger charge is -2.15. The Balaban J connectivity index is 2.03. The predicted molar refractivity (Wildman–Crippen MR) is 103 cm³/mol. The van der Waals surface area contributed by atoms with Crippen molar-refractivity contribution in [2.45, 2.75) is 46.1 Å². The minimum absolute atomic E-state index is 0.0974. The Hall–Kier alpha value is -1.79. The van der Waals surface area contributed by atoms with E-state index < -0.39 is 0 Å². The van der Waals surface area contributed by atoms with E-state index in [1.807, 2.05) is 24.3 Å². The summed E-state index contributed by atoms with van der Waals surface area (Å²) in [4.78, 5) is 17.0. The van der Waals surface area contributed by atoms with Gasteiger partial charge in [0.1, 0.15) is 4.88 Å². The molecule has 1 aliphatic heterocycles. The van der Waals surface area contributed by atoms with Gasteiger partial charge in [-0.25, -0.2) is 4.99 Å². The van der Waals surface area contributed by atoms with Gasteiger partial charge in [-0.05, 0) is 30.6 Å². The van der Waals surface area contributed by atoms with Crippen LogP contribution in [0.15, 0.2) is 29.3 Å². The van der Waals surface area contributed by atoms with Crippen LogP contribution in [0.1, 0.15) is 44.4 Å². The van der Waals surface area contributed by atoms with Crippen LogP contribution in [0, 0.1) is 9.87 Å². The van der Waals surface area contributed by atoms with Gasteiger partial charge >= 0.3 is 0 Å². The first kappa shape index (κ1) is 18.0. The Kier molecular flexibility index (Phi) is 5.49. The SMILES string of the molecule is CCCC[C@H](CC)Cn1c(O)c(C2=c3ccccc3=NC2=O)sc1=S. The van der Waals surface area contributed by atoms with Gasteiger partial charge in [0.25, 0.3) is 5.91 Å². The van der Waals surface area contributed by atoms with Crippen molar-refractivity contribution in [1.29, 1.82) is 0 Å². The number of fused-ring (bicyclic) bond motifs is 1. The Morgan fingerprint density at radius 3 is 2.80 bits per heavy atom. The number of rotatable bonds is 7. The number of carbonyl (C=O) groups is 1. The first-order valence-electron chi connectivity index (χ1n) is 8.72. The van der Waals surface area contributed by atoms with Crippen LogP contribution < -0.4 is 10.6 Å². The van der Waals surface area contributed by atoms with Gasteiger partial charge in [-0.15, -0.1) is 11.3 Å². The summed E-state index contributed by atoms with van der Waals surface area (Å²) < 4.78 is 2.38. The van der Waals surface area contributed by atoms with Crippen molar-refractivity contribution >= 4 is 35.0 Å². The van der Waals surface area contributed by atoms with Gasteiger partial charge in [0.2, 0.25) is 5.88 Å². The van der Waals surface area contributed by atoms with Crippen molar-refractivity contribution in [3.63, 3.8) is 0 Å². The van der Waals surface area contributed by atoms with E-state index in [9.17, 15) is 9.90 Å². The zero-order valence-corrected chi connectivity index (χ0v) is 16.1. The van der Waals surface area contributed by atoms with Gasteiger partial charge in [0.05, 0.1) is 10.9 Å². The highest BCUT2D eigenvalue weighted by Crippen LogP contribution is 2.33. The number of para-hydroxylation sites is 1. The first-order chi connectivity index (χ1) is 12.1. The number of aromatic nitrogens is 1. The summed E-state index contributed by atoms with van der Waals surface area (Å²) >= 11 is 6.77. The second kappa shape index (κ2) is 7.62. The van der Waals surface area contributed by atoms with Crippen LogP contribution in [0.2, 0.25) is 0 Å². The number of amides is 1. The topological polar surface area (TPSA) is 54.6 Å². The Labute approximate surface area is 156 Å². The molecule has 1 amide bonds. The highest BCUT2D eigenvalue weighted by Gasteiger charge is 2.25. The Morgan fingerprint density at radius 2 is 2.08 bits per heavy atom. The van der Waals surface area contributed by atoms with Crippen molar-refractivity contribution in [3.05, 3.63) is 43.7 Å². The average Bonchev–Trinajstić information content (AvgIpc) is 3.07. The van der Waals surface area contributed by atoms with Gasteiger partial charge < -0.3 is 5.11 Å². The minimum atomic E-state index is -0.307. The second-order valence-corrected chi connectivity index (χ2v) is 8.00. The predicted octanol–water partition coefficient (Wildman–Crippen LogP) is 3.56. The number of hydrogen-bond donors (Lipinski definition) is 1. The lowest BCUT2D eigenvalue weighted by atomic mass is 9.99. The van der Waals surface area contributed by atoms with E-state index in [1.165, 1.54) is 17.8 Å². The van der Waals surface area contributed by atoms with E-state index in [1.54, 1.807) is 4.57 Å². The molecule has 0 saturated heterocycles. The van der Waals surface area contributed by atoms with Crippen LogP contribution in [0.5, 0.6) is 5.88 Å². The molecule has 25 heavy (non-hydrogen) atoms. The molecule has 0 unspecified atom stereocenters. The summed E-state index contributed by atoms with van der Waals surface area (Å²) in [6, 6.07) is 7.40. The number of carbonyl (C=O) groups excluding carboxylic acids is 1. The minimum Gasteiger partial charge on any atom is -0.493 e. The maximum Gasteiger partial charge on any atom is 0.279 e. The molecule has 0 bridgehead atoms. The van der Waals surface area contributed by atoms with Crippen LogP contribution in [-0.2, 0) is 11.3 Å². The molecular weight excluding hydrogens is 352 g/mol. The summed E-state index contributed by atoms with van der Waals surface area (Å²) in [5, 5.41) is 12.2. The lowest BCUT2D eigenvalue weighted by Crippen LogP contribution is -2.22. The van der Waals surface area contributed by atoms with Gasteiger partial charge in [0.15, 0.2) is 3.95 Å². The summed E-state index contributed by atoms with van der Waals surface area (Å²) in [5.41, 5.74) is 0.463. The maximum absolute atomic E-state index is 12.4. The number of aromatic hydroxyl groups is 1. The van der Waals surface area contributed by atoms with Crippen LogP contribution in [0.3, 0.4) is 0 Å². The van der Waals surface area contributed by atoms with E-state index in [-0.39, 0.29) is 11.8 Å². The second-order valence-electron chi connectivity index (χ2n) is 6.36. The number of hydrogen-bond acceptors (Lipinski definition) is 4. The molecule has 132 valence electrons. The lowest BCUT2D eigenvalue weighted by molar-refractivity contribution is -0.112. The standard InChI is InChI=1S/C19H22N2O2S2/c1-3-5-8-12(4-2)11-21-18(23)16(25-19(21)24)15-13-9-6-7-10-14(13)20-17(15)22/h6-7,9-10,12,23H,3-5,8,11H2,1-2H3/t12-/m0/s1. The highest BCUT2D eigenvalue weighted by atomic mass is 32.1. The summed E-state index contributed by atoms with van der Waals surface area (Å²) in [5.74, 6) is 0.263. The molecule has 4 nitrogen and oxygen atoms in total. The normalized spacial score (nSPS) is 14.5. The molecule has 6 heteroatoms. The number of thiazole rings is 1. The zero-order valence-electron chi connectivity index (χ0n) is 14.5. The van der Waals surface area contributed by atoms with E-state index >= 15 is 0 Å². The molecule has 1 atom stereocenters. The van der Waals surface area contributed by atoms with Crippen LogP contribution >= 0.6 is 23.6 Å². The quantitative estimate of drug-likeness (QED) is 0.754. The van der Waals surface area contributed by atoms with Crippen LogP contribution in [-0.4, -0.2) is 15.6 Å². The molecule has 3 rings (SSSR count). The first-order valence-corrected chi connectivity index (χ1v) is 9.94. The van der Waals surface area contributed by atoms with E-state index in [0.29, 0.717) is 32.2 Å². The van der Waals surface area contributed by atoms with E-state index in [4.69, 9.17) is 12.2 Å². The fourth-order valence-electron chi connectivity index (χ4n) is 3.18. The molecule has 0 fully saturated rings. The Bertz CT molecular complexity index is 972. The smallest absolute Gasteiger partial charge is 0.279 e. The molecular formula is C19H22N2O2S2. The molecule has 2 heterocycles. The maximum atomic E-state index is 12.4. The van der Waals surface area contributed by atoms with E-state index in [0.717, 1.165) is 24.5 Å². The van der Waals surface area contributed by atoms with Crippen molar-refractivity contribution < 1.29 is 9.90 Å². The number of nitrogens with zero attached hydrogens (tertiary/aromatic N) is 2. The third-order valence-electron chi connectivity index (χ3n) is 4.69. The molecule has 0 radical (unpaired) electrons. The molecule has 0 saturated carbocycles. The summed E-state index contributed by atoms with van der Waals surface area (Å²) in [6.07, 6.45) is 4.49. The average molecular weight is 375 g/mol.